The zero-order valence-corrected chi connectivity index (χ0v) is 7.60. The standard InChI is InChI=1S/C9H9N3O2/c1-12-9(10)6(5-11-12)8(13)7-3-2-4-14-7/h2-5H,10H2,1H3. The van der Waals surface area contributed by atoms with Gasteiger partial charge in [0.2, 0.25) is 5.78 Å². The average molecular weight is 191 g/mol. The van der Waals surface area contributed by atoms with E-state index in [0.29, 0.717) is 11.4 Å². The molecular formula is C9H9N3O2. The number of nitrogens with zero attached hydrogens (tertiary/aromatic N) is 2. The minimum absolute atomic E-state index is 0.249. The van der Waals surface area contributed by atoms with Gasteiger partial charge >= 0.3 is 0 Å². The van der Waals surface area contributed by atoms with E-state index in [4.69, 9.17) is 10.2 Å². The van der Waals surface area contributed by atoms with Gasteiger partial charge in [-0.3, -0.25) is 9.48 Å². The number of aromatic nitrogens is 2. The molecule has 2 heterocycles. The summed E-state index contributed by atoms with van der Waals surface area (Å²) in [4.78, 5) is 11.7. The third kappa shape index (κ3) is 1.19. The van der Waals surface area contributed by atoms with E-state index in [0.717, 1.165) is 0 Å². The predicted molar refractivity (Wildman–Crippen MR) is 49.8 cm³/mol. The molecule has 0 atom stereocenters. The Bertz CT molecular complexity index is 456. The van der Waals surface area contributed by atoms with Crippen molar-refractivity contribution >= 4 is 11.6 Å². The Morgan fingerprint density at radius 1 is 1.64 bits per heavy atom. The highest BCUT2D eigenvalue weighted by atomic mass is 16.3. The van der Waals surface area contributed by atoms with E-state index in [1.165, 1.54) is 17.1 Å². The van der Waals surface area contributed by atoms with Crippen molar-refractivity contribution in [3.8, 4) is 0 Å². The Kier molecular flexibility index (Phi) is 1.85. The summed E-state index contributed by atoms with van der Waals surface area (Å²) >= 11 is 0. The smallest absolute Gasteiger partial charge is 0.233 e. The third-order valence-electron chi connectivity index (χ3n) is 1.97. The Morgan fingerprint density at radius 2 is 2.43 bits per heavy atom. The fourth-order valence-corrected chi connectivity index (χ4v) is 1.16. The lowest BCUT2D eigenvalue weighted by molar-refractivity contribution is 0.101. The summed E-state index contributed by atoms with van der Waals surface area (Å²) in [5.41, 5.74) is 6.01. The SMILES string of the molecule is Cn1ncc(C(=O)c2ccco2)c1N. The minimum Gasteiger partial charge on any atom is -0.461 e. The zero-order valence-electron chi connectivity index (χ0n) is 7.60. The normalized spacial score (nSPS) is 10.4. The van der Waals surface area contributed by atoms with Crippen molar-refractivity contribution in [3.05, 3.63) is 35.9 Å². The molecule has 14 heavy (non-hydrogen) atoms. The summed E-state index contributed by atoms with van der Waals surface area (Å²) in [6.45, 7) is 0. The van der Waals surface area contributed by atoms with Gasteiger partial charge in [-0.1, -0.05) is 0 Å². The van der Waals surface area contributed by atoms with Crippen LogP contribution in [0.15, 0.2) is 29.0 Å². The molecule has 2 aromatic rings. The van der Waals surface area contributed by atoms with Crippen LogP contribution in [-0.4, -0.2) is 15.6 Å². The molecule has 0 aliphatic rings. The first-order chi connectivity index (χ1) is 6.70. The minimum atomic E-state index is -0.249. The van der Waals surface area contributed by atoms with Gasteiger partial charge in [-0.2, -0.15) is 5.10 Å². The summed E-state index contributed by atoms with van der Waals surface area (Å²) in [6.07, 6.45) is 2.87. The number of anilines is 1. The number of nitrogen functional groups attached to an aromatic ring is 1. The van der Waals surface area contributed by atoms with E-state index in [-0.39, 0.29) is 11.5 Å². The highest BCUT2D eigenvalue weighted by Crippen LogP contribution is 2.15. The van der Waals surface area contributed by atoms with E-state index in [2.05, 4.69) is 5.10 Å². The quantitative estimate of drug-likeness (QED) is 0.713. The molecule has 0 unspecified atom stereocenters. The van der Waals surface area contributed by atoms with Crippen molar-refractivity contribution in [1.82, 2.24) is 9.78 Å². The van der Waals surface area contributed by atoms with Gasteiger partial charge in [-0.25, -0.2) is 0 Å². The van der Waals surface area contributed by atoms with Crippen molar-refractivity contribution in [1.29, 1.82) is 0 Å². The fourth-order valence-electron chi connectivity index (χ4n) is 1.16. The van der Waals surface area contributed by atoms with Crippen LogP contribution >= 0.6 is 0 Å². The molecule has 0 bridgehead atoms. The molecule has 0 fully saturated rings. The van der Waals surface area contributed by atoms with Crippen LogP contribution in [0.25, 0.3) is 0 Å². The van der Waals surface area contributed by atoms with E-state index in [1.54, 1.807) is 19.2 Å². The number of hydrogen-bond acceptors (Lipinski definition) is 4. The van der Waals surface area contributed by atoms with E-state index < -0.39 is 0 Å². The number of ketones is 1. The van der Waals surface area contributed by atoms with Crippen molar-refractivity contribution < 1.29 is 9.21 Å². The monoisotopic (exact) mass is 191 g/mol. The predicted octanol–water partition coefficient (Wildman–Crippen LogP) is 0.826. The summed E-state index contributed by atoms with van der Waals surface area (Å²) in [7, 11) is 1.67. The molecule has 2 rings (SSSR count). The second-order valence-electron chi connectivity index (χ2n) is 2.87. The van der Waals surface area contributed by atoms with E-state index >= 15 is 0 Å². The van der Waals surface area contributed by atoms with Gasteiger partial charge in [0, 0.05) is 7.05 Å². The Balaban J connectivity index is 2.42. The van der Waals surface area contributed by atoms with Gasteiger partial charge in [-0.05, 0) is 12.1 Å². The highest BCUT2D eigenvalue weighted by Gasteiger charge is 2.17. The first-order valence-electron chi connectivity index (χ1n) is 4.06. The second kappa shape index (κ2) is 3.02. The first kappa shape index (κ1) is 8.55. The molecule has 5 nitrogen and oxygen atoms in total. The van der Waals surface area contributed by atoms with Crippen LogP contribution in [0.4, 0.5) is 5.82 Å². The molecule has 0 radical (unpaired) electrons. The number of rotatable bonds is 2. The summed E-state index contributed by atoms with van der Waals surface area (Å²) < 4.78 is 6.41. The Hall–Kier alpha value is -2.04. The topological polar surface area (TPSA) is 74.0 Å². The van der Waals surface area contributed by atoms with E-state index in [1.807, 2.05) is 0 Å². The van der Waals surface area contributed by atoms with Crippen LogP contribution in [0.1, 0.15) is 16.1 Å². The van der Waals surface area contributed by atoms with Crippen molar-refractivity contribution in [2.45, 2.75) is 0 Å². The first-order valence-corrected chi connectivity index (χ1v) is 4.06. The maximum absolute atomic E-state index is 11.7. The lowest BCUT2D eigenvalue weighted by atomic mass is 10.2. The molecule has 5 heteroatoms. The van der Waals surface area contributed by atoms with Crippen LogP contribution in [0.3, 0.4) is 0 Å². The number of aryl methyl sites for hydroxylation is 1. The molecule has 0 aliphatic heterocycles. The number of nitrogens with two attached hydrogens (primary N) is 1. The van der Waals surface area contributed by atoms with Gasteiger partial charge in [0.25, 0.3) is 0 Å². The van der Waals surface area contributed by atoms with Crippen LogP contribution in [0, 0.1) is 0 Å². The second-order valence-corrected chi connectivity index (χ2v) is 2.87. The van der Waals surface area contributed by atoms with Crippen LogP contribution < -0.4 is 5.73 Å². The summed E-state index contributed by atoms with van der Waals surface area (Å²) in [5, 5.41) is 3.88. The number of hydrogen-bond donors (Lipinski definition) is 1. The van der Waals surface area contributed by atoms with Gasteiger partial charge in [-0.15, -0.1) is 0 Å². The fraction of sp³-hybridized carbons (Fsp3) is 0.111. The van der Waals surface area contributed by atoms with Crippen LogP contribution in [0.5, 0.6) is 0 Å². The molecule has 0 aromatic carbocycles. The number of carbonyl (C=O) groups excluding carboxylic acids is 1. The number of carbonyl (C=O) groups is 1. The molecule has 0 aliphatic carbocycles. The van der Waals surface area contributed by atoms with Crippen molar-refractivity contribution in [3.63, 3.8) is 0 Å². The third-order valence-corrected chi connectivity index (χ3v) is 1.97. The van der Waals surface area contributed by atoms with Gasteiger partial charge in [0.15, 0.2) is 5.76 Å². The van der Waals surface area contributed by atoms with E-state index in [9.17, 15) is 4.79 Å². The van der Waals surface area contributed by atoms with Crippen molar-refractivity contribution in [2.75, 3.05) is 5.73 Å². The molecule has 0 amide bonds. The highest BCUT2D eigenvalue weighted by molar-refractivity contribution is 6.09. The molecule has 0 saturated heterocycles. The van der Waals surface area contributed by atoms with Gasteiger partial charge in [0.05, 0.1) is 18.0 Å². The zero-order chi connectivity index (χ0) is 10.1. The lowest BCUT2D eigenvalue weighted by Crippen LogP contribution is -2.05. The average Bonchev–Trinajstić information content (AvgIpc) is 2.77. The molecule has 0 spiro atoms. The van der Waals surface area contributed by atoms with Crippen LogP contribution in [0.2, 0.25) is 0 Å². The molecular weight excluding hydrogens is 182 g/mol. The Morgan fingerprint density at radius 3 is 2.93 bits per heavy atom. The van der Waals surface area contributed by atoms with Crippen LogP contribution in [-0.2, 0) is 7.05 Å². The largest absolute Gasteiger partial charge is 0.461 e. The maximum atomic E-state index is 11.7. The Labute approximate surface area is 80.1 Å². The van der Waals surface area contributed by atoms with Gasteiger partial charge < -0.3 is 10.2 Å². The molecule has 72 valence electrons. The maximum Gasteiger partial charge on any atom is 0.233 e. The number of furan rings is 1. The van der Waals surface area contributed by atoms with Crippen molar-refractivity contribution in [2.24, 2.45) is 7.05 Å². The molecule has 2 aromatic heterocycles. The van der Waals surface area contributed by atoms with Gasteiger partial charge in [0.1, 0.15) is 5.82 Å². The molecule has 0 saturated carbocycles. The summed E-state index contributed by atoms with van der Waals surface area (Å²) in [5.74, 6) is 0.358. The lowest BCUT2D eigenvalue weighted by Gasteiger charge is -1.96. The summed E-state index contributed by atoms with van der Waals surface area (Å²) in [6, 6.07) is 3.24. The molecule has 2 N–H and O–H groups in total.